The predicted octanol–water partition coefficient (Wildman–Crippen LogP) is 1.45. The first-order chi connectivity index (χ1) is 6.82. The van der Waals surface area contributed by atoms with E-state index in [0.717, 1.165) is 11.9 Å². The lowest BCUT2D eigenvalue weighted by molar-refractivity contribution is 0.0374. The van der Waals surface area contributed by atoms with Crippen molar-refractivity contribution in [1.82, 2.24) is 9.78 Å². The zero-order valence-corrected chi connectivity index (χ0v) is 10.2. The average molecular weight is 206 g/mol. The number of rotatable bonds is 1. The minimum Gasteiger partial charge on any atom is -0.424 e. The van der Waals surface area contributed by atoms with E-state index in [1.54, 1.807) is 0 Å². The smallest absolute Gasteiger partial charge is 0.349 e. The molecule has 1 fully saturated rings. The maximum Gasteiger partial charge on any atom is 0.349 e. The summed E-state index contributed by atoms with van der Waals surface area (Å²) in [6.07, 6.45) is 3.01. The van der Waals surface area contributed by atoms with Gasteiger partial charge in [0.05, 0.1) is 11.2 Å². The fourth-order valence-electron chi connectivity index (χ4n) is 2.04. The Morgan fingerprint density at radius 3 is 2.47 bits per heavy atom. The highest BCUT2D eigenvalue weighted by atomic mass is 16.5. The van der Waals surface area contributed by atoms with Gasteiger partial charge in [-0.15, -0.1) is 0 Å². The van der Waals surface area contributed by atoms with Gasteiger partial charge in [-0.05, 0) is 31.6 Å². The number of aryl methyl sites for hydroxylation is 1. The van der Waals surface area contributed by atoms with Crippen LogP contribution in [-0.4, -0.2) is 22.3 Å². The molecule has 2 heterocycles. The Morgan fingerprint density at radius 2 is 2.07 bits per heavy atom. The Bertz CT molecular complexity index is 354. The van der Waals surface area contributed by atoms with E-state index >= 15 is 0 Å². The van der Waals surface area contributed by atoms with Crippen LogP contribution in [0.25, 0.3) is 0 Å². The summed E-state index contributed by atoms with van der Waals surface area (Å²) in [7, 11) is 1.94. The topological polar surface area (TPSA) is 27.1 Å². The molecular weight excluding hydrogens is 187 g/mol. The second-order valence-corrected chi connectivity index (χ2v) is 5.62. The Balaban J connectivity index is 2.23. The highest BCUT2D eigenvalue weighted by Crippen LogP contribution is 2.44. The zero-order valence-electron chi connectivity index (χ0n) is 10.2. The molecule has 0 amide bonds. The lowest BCUT2D eigenvalue weighted by Crippen LogP contribution is -2.36. The summed E-state index contributed by atoms with van der Waals surface area (Å²) in [5, 5.41) is 4.42. The fraction of sp³-hybridized carbons (Fsp3) is 0.727. The lowest BCUT2D eigenvalue weighted by Gasteiger charge is -2.34. The van der Waals surface area contributed by atoms with E-state index in [9.17, 15) is 0 Å². The van der Waals surface area contributed by atoms with Gasteiger partial charge in [0.25, 0.3) is 0 Å². The molecule has 4 heteroatoms. The van der Waals surface area contributed by atoms with Gasteiger partial charge in [0.1, 0.15) is 0 Å². The highest BCUT2D eigenvalue weighted by Gasteiger charge is 2.50. The predicted molar refractivity (Wildman–Crippen MR) is 62.3 cm³/mol. The largest absolute Gasteiger partial charge is 0.424 e. The second kappa shape index (κ2) is 3.11. The molecule has 1 aliphatic heterocycles. The lowest BCUT2D eigenvalue weighted by atomic mass is 9.56. The van der Waals surface area contributed by atoms with Crippen LogP contribution >= 0.6 is 0 Å². The molecule has 0 atom stereocenters. The van der Waals surface area contributed by atoms with E-state index in [4.69, 9.17) is 4.65 Å². The standard InChI is InChI=1S/C11H19BN2O/c1-10(2)8-12(15-11(10,3)4)9-6-7-14(5)13-9/h6-7H,8H2,1-5H3. The van der Waals surface area contributed by atoms with Gasteiger partial charge < -0.3 is 4.65 Å². The summed E-state index contributed by atoms with van der Waals surface area (Å²) in [5.41, 5.74) is 1.18. The average Bonchev–Trinajstić information content (AvgIpc) is 2.56. The van der Waals surface area contributed by atoms with Crippen LogP contribution in [0.1, 0.15) is 27.7 Å². The van der Waals surface area contributed by atoms with Crippen molar-refractivity contribution < 1.29 is 4.65 Å². The quantitative estimate of drug-likeness (QED) is 0.650. The molecule has 3 nitrogen and oxygen atoms in total. The summed E-state index contributed by atoms with van der Waals surface area (Å²) in [6.45, 7) is 8.99. The first kappa shape index (κ1) is 10.7. The van der Waals surface area contributed by atoms with Gasteiger partial charge >= 0.3 is 6.92 Å². The summed E-state index contributed by atoms with van der Waals surface area (Å²) < 4.78 is 7.92. The number of aromatic nitrogens is 2. The summed E-state index contributed by atoms with van der Waals surface area (Å²) in [6, 6.07) is 2.04. The van der Waals surface area contributed by atoms with E-state index < -0.39 is 0 Å². The highest BCUT2D eigenvalue weighted by molar-refractivity contribution is 6.67. The molecule has 0 spiro atoms. The maximum atomic E-state index is 6.09. The molecule has 1 saturated heterocycles. The molecule has 0 N–H and O–H groups in total. The fourth-order valence-corrected chi connectivity index (χ4v) is 2.04. The molecule has 0 bridgehead atoms. The Labute approximate surface area is 91.9 Å². The van der Waals surface area contributed by atoms with Gasteiger partial charge in [-0.3, -0.25) is 4.68 Å². The van der Waals surface area contributed by atoms with Crippen LogP contribution < -0.4 is 5.59 Å². The van der Waals surface area contributed by atoms with Crippen LogP contribution in [0.2, 0.25) is 6.32 Å². The molecule has 15 heavy (non-hydrogen) atoms. The van der Waals surface area contributed by atoms with E-state index in [1.807, 2.05) is 24.0 Å². The monoisotopic (exact) mass is 206 g/mol. The van der Waals surface area contributed by atoms with E-state index in [2.05, 4.69) is 32.8 Å². The van der Waals surface area contributed by atoms with Crippen molar-refractivity contribution in [3.63, 3.8) is 0 Å². The molecule has 2 rings (SSSR count). The number of nitrogens with zero attached hydrogens (tertiary/aromatic N) is 2. The van der Waals surface area contributed by atoms with Gasteiger partial charge in [0.15, 0.2) is 0 Å². The van der Waals surface area contributed by atoms with Crippen molar-refractivity contribution in [1.29, 1.82) is 0 Å². The van der Waals surface area contributed by atoms with Crippen LogP contribution in [0.4, 0.5) is 0 Å². The molecule has 1 aromatic rings. The van der Waals surface area contributed by atoms with Crippen molar-refractivity contribution in [3.05, 3.63) is 12.3 Å². The van der Waals surface area contributed by atoms with Gasteiger partial charge in [0.2, 0.25) is 0 Å². The minimum absolute atomic E-state index is 0.0742. The normalized spacial score (nSPS) is 23.4. The Hall–Kier alpha value is -0.765. The second-order valence-electron chi connectivity index (χ2n) is 5.62. The molecular formula is C11H19BN2O. The van der Waals surface area contributed by atoms with Crippen molar-refractivity contribution in [2.75, 3.05) is 0 Å². The molecule has 0 aromatic carbocycles. The van der Waals surface area contributed by atoms with Crippen molar-refractivity contribution in [3.8, 4) is 0 Å². The van der Waals surface area contributed by atoms with Crippen molar-refractivity contribution >= 4 is 12.5 Å². The third kappa shape index (κ3) is 1.71. The van der Waals surface area contributed by atoms with Gasteiger partial charge in [0, 0.05) is 13.2 Å². The first-order valence-electron chi connectivity index (χ1n) is 5.49. The van der Waals surface area contributed by atoms with Crippen LogP contribution in [0.15, 0.2) is 12.3 Å². The summed E-state index contributed by atoms with van der Waals surface area (Å²) in [4.78, 5) is 0. The Kier molecular flexibility index (Phi) is 2.23. The summed E-state index contributed by atoms with van der Waals surface area (Å²) >= 11 is 0. The van der Waals surface area contributed by atoms with Crippen molar-refractivity contribution in [2.45, 2.75) is 39.6 Å². The third-order valence-electron chi connectivity index (χ3n) is 3.83. The van der Waals surface area contributed by atoms with E-state index in [-0.39, 0.29) is 17.9 Å². The maximum absolute atomic E-state index is 6.09. The molecule has 0 aliphatic carbocycles. The SMILES string of the molecule is Cn1ccc(B2CC(C)(C)C(C)(C)O2)n1. The summed E-state index contributed by atoms with van der Waals surface area (Å²) in [5.74, 6) is 0. The molecule has 0 unspecified atom stereocenters. The molecule has 0 saturated carbocycles. The zero-order chi connectivity index (χ0) is 11.3. The van der Waals surface area contributed by atoms with Gasteiger partial charge in [-0.25, -0.2) is 0 Å². The molecule has 0 radical (unpaired) electrons. The van der Waals surface area contributed by atoms with Crippen LogP contribution in [0.5, 0.6) is 0 Å². The molecule has 1 aromatic heterocycles. The van der Waals surface area contributed by atoms with Crippen LogP contribution in [0, 0.1) is 5.41 Å². The van der Waals surface area contributed by atoms with E-state index in [0.29, 0.717) is 0 Å². The first-order valence-corrected chi connectivity index (χ1v) is 5.49. The van der Waals surface area contributed by atoms with Crippen LogP contribution in [0.3, 0.4) is 0 Å². The van der Waals surface area contributed by atoms with Crippen LogP contribution in [-0.2, 0) is 11.7 Å². The molecule has 1 aliphatic rings. The Morgan fingerprint density at radius 1 is 1.40 bits per heavy atom. The third-order valence-corrected chi connectivity index (χ3v) is 3.83. The van der Waals surface area contributed by atoms with Gasteiger partial charge in [-0.2, -0.15) is 5.10 Å². The van der Waals surface area contributed by atoms with Crippen molar-refractivity contribution in [2.24, 2.45) is 12.5 Å². The minimum atomic E-state index is -0.0742. The molecule has 82 valence electrons. The van der Waals surface area contributed by atoms with Gasteiger partial charge in [-0.1, -0.05) is 13.8 Å². The number of hydrogen-bond acceptors (Lipinski definition) is 2. The number of hydrogen-bond donors (Lipinski definition) is 0. The van der Waals surface area contributed by atoms with E-state index in [1.165, 1.54) is 0 Å².